The van der Waals surface area contributed by atoms with E-state index in [1.807, 2.05) is 32.0 Å². The Kier molecular flexibility index (Phi) is 3.66. The molecule has 3 heterocycles. The second-order valence-corrected chi connectivity index (χ2v) is 6.17. The molecule has 2 atom stereocenters. The molecule has 1 aromatic rings. The third-order valence-corrected chi connectivity index (χ3v) is 4.38. The number of carbonyl (C=O) groups excluding carboxylic acids is 2. The summed E-state index contributed by atoms with van der Waals surface area (Å²) in [6.07, 6.45) is 3.43. The molecule has 2 fully saturated rings. The van der Waals surface area contributed by atoms with Crippen LogP contribution in [0.3, 0.4) is 0 Å². The van der Waals surface area contributed by atoms with Gasteiger partial charge in [0.2, 0.25) is 11.8 Å². The van der Waals surface area contributed by atoms with Crippen LogP contribution in [0.1, 0.15) is 32.4 Å². The van der Waals surface area contributed by atoms with Crippen LogP contribution in [0.5, 0.6) is 0 Å². The van der Waals surface area contributed by atoms with Crippen LogP contribution in [-0.2, 0) is 16.1 Å². The second-order valence-electron chi connectivity index (χ2n) is 6.17. The number of fused-ring (bicyclic) bond motifs is 1. The van der Waals surface area contributed by atoms with E-state index in [1.54, 1.807) is 16.0 Å². The number of carbonyl (C=O) groups is 2. The maximum atomic E-state index is 12.8. The van der Waals surface area contributed by atoms with Crippen molar-refractivity contribution >= 4 is 11.8 Å². The van der Waals surface area contributed by atoms with Crippen molar-refractivity contribution in [2.75, 3.05) is 6.54 Å². The zero-order valence-electron chi connectivity index (χ0n) is 12.5. The Morgan fingerprint density at radius 3 is 2.76 bits per heavy atom. The SMILES string of the molecule is CC(C)C1C(=O)N2CCCC2C(=O)N1Cc1ccccn1. The van der Waals surface area contributed by atoms with Gasteiger partial charge in [0.15, 0.2) is 0 Å². The molecule has 2 saturated heterocycles. The highest BCUT2D eigenvalue weighted by atomic mass is 16.2. The second kappa shape index (κ2) is 5.47. The number of piperazine rings is 1. The molecular weight excluding hydrogens is 266 g/mol. The monoisotopic (exact) mass is 287 g/mol. The first-order chi connectivity index (χ1) is 10.1. The van der Waals surface area contributed by atoms with Crippen molar-refractivity contribution in [3.63, 3.8) is 0 Å². The van der Waals surface area contributed by atoms with Gasteiger partial charge in [0.25, 0.3) is 0 Å². The summed E-state index contributed by atoms with van der Waals surface area (Å²) in [6, 6.07) is 5.04. The molecule has 0 N–H and O–H groups in total. The predicted molar refractivity (Wildman–Crippen MR) is 78.1 cm³/mol. The lowest BCUT2D eigenvalue weighted by molar-refractivity contribution is -0.162. The molecule has 21 heavy (non-hydrogen) atoms. The fourth-order valence-electron chi connectivity index (χ4n) is 3.41. The third kappa shape index (κ3) is 2.41. The van der Waals surface area contributed by atoms with E-state index in [-0.39, 0.29) is 29.8 Å². The maximum absolute atomic E-state index is 12.8. The molecule has 0 saturated carbocycles. The van der Waals surface area contributed by atoms with Crippen LogP contribution in [0.25, 0.3) is 0 Å². The number of aromatic nitrogens is 1. The van der Waals surface area contributed by atoms with E-state index in [1.165, 1.54) is 0 Å². The molecule has 2 aliphatic heterocycles. The normalized spacial score (nSPS) is 25.7. The molecular formula is C16H21N3O2. The lowest BCUT2D eigenvalue weighted by atomic mass is 9.95. The lowest BCUT2D eigenvalue weighted by Crippen LogP contribution is -2.63. The zero-order valence-corrected chi connectivity index (χ0v) is 12.5. The smallest absolute Gasteiger partial charge is 0.246 e. The topological polar surface area (TPSA) is 53.5 Å². The molecule has 0 spiro atoms. The fraction of sp³-hybridized carbons (Fsp3) is 0.562. The van der Waals surface area contributed by atoms with Crippen molar-refractivity contribution in [1.29, 1.82) is 0 Å². The van der Waals surface area contributed by atoms with Gasteiger partial charge in [-0.15, -0.1) is 0 Å². The van der Waals surface area contributed by atoms with Crippen molar-refractivity contribution in [2.24, 2.45) is 5.92 Å². The maximum Gasteiger partial charge on any atom is 0.246 e. The number of rotatable bonds is 3. The van der Waals surface area contributed by atoms with Crippen LogP contribution >= 0.6 is 0 Å². The first kappa shape index (κ1) is 14.0. The van der Waals surface area contributed by atoms with Gasteiger partial charge in [0.05, 0.1) is 12.2 Å². The Morgan fingerprint density at radius 2 is 2.10 bits per heavy atom. The molecule has 0 aromatic carbocycles. The molecule has 112 valence electrons. The summed E-state index contributed by atoms with van der Waals surface area (Å²) in [6.45, 7) is 5.13. The van der Waals surface area contributed by atoms with Gasteiger partial charge in [-0.3, -0.25) is 14.6 Å². The summed E-state index contributed by atoms with van der Waals surface area (Å²) in [5.41, 5.74) is 0.829. The third-order valence-electron chi connectivity index (χ3n) is 4.38. The van der Waals surface area contributed by atoms with Crippen LogP contribution in [0.2, 0.25) is 0 Å². The van der Waals surface area contributed by atoms with Crippen molar-refractivity contribution in [1.82, 2.24) is 14.8 Å². The Labute approximate surface area is 124 Å². The number of hydrogen-bond donors (Lipinski definition) is 0. The standard InChI is InChI=1S/C16H21N3O2/c1-11(2)14-16(21)18-9-5-7-13(18)15(20)19(14)10-12-6-3-4-8-17-12/h3-4,6,8,11,13-14H,5,7,9-10H2,1-2H3. The average Bonchev–Trinajstić information content (AvgIpc) is 2.95. The minimum absolute atomic E-state index is 0.0800. The molecule has 0 radical (unpaired) electrons. The highest BCUT2D eigenvalue weighted by molar-refractivity contribution is 5.97. The van der Waals surface area contributed by atoms with E-state index < -0.39 is 0 Å². The van der Waals surface area contributed by atoms with Gasteiger partial charge >= 0.3 is 0 Å². The summed E-state index contributed by atoms with van der Waals surface area (Å²) in [4.78, 5) is 33.3. The molecule has 1 aromatic heterocycles. The van der Waals surface area contributed by atoms with E-state index >= 15 is 0 Å². The molecule has 2 amide bonds. The summed E-state index contributed by atoms with van der Waals surface area (Å²) in [5.74, 6) is 0.284. The fourth-order valence-corrected chi connectivity index (χ4v) is 3.41. The van der Waals surface area contributed by atoms with Crippen LogP contribution in [0.4, 0.5) is 0 Å². The Hall–Kier alpha value is -1.91. The van der Waals surface area contributed by atoms with Crippen LogP contribution in [0.15, 0.2) is 24.4 Å². The lowest BCUT2D eigenvalue weighted by Gasteiger charge is -2.43. The minimum Gasteiger partial charge on any atom is -0.329 e. The van der Waals surface area contributed by atoms with Crippen LogP contribution < -0.4 is 0 Å². The molecule has 2 unspecified atom stereocenters. The number of amides is 2. The van der Waals surface area contributed by atoms with Crippen molar-refractivity contribution in [3.05, 3.63) is 30.1 Å². The van der Waals surface area contributed by atoms with Crippen molar-refractivity contribution in [3.8, 4) is 0 Å². The highest BCUT2D eigenvalue weighted by Crippen LogP contribution is 2.30. The molecule has 0 bridgehead atoms. The van der Waals surface area contributed by atoms with Gasteiger partial charge in [-0.2, -0.15) is 0 Å². The number of pyridine rings is 1. The van der Waals surface area contributed by atoms with E-state index in [0.717, 1.165) is 25.1 Å². The van der Waals surface area contributed by atoms with Gasteiger partial charge in [-0.25, -0.2) is 0 Å². The molecule has 5 heteroatoms. The van der Waals surface area contributed by atoms with Gasteiger partial charge in [-0.05, 0) is 30.9 Å². The van der Waals surface area contributed by atoms with E-state index in [4.69, 9.17) is 0 Å². The largest absolute Gasteiger partial charge is 0.329 e. The molecule has 3 rings (SSSR count). The first-order valence-corrected chi connectivity index (χ1v) is 7.60. The Bertz CT molecular complexity index is 544. The molecule has 0 aliphatic carbocycles. The molecule has 2 aliphatic rings. The van der Waals surface area contributed by atoms with Gasteiger partial charge in [0, 0.05) is 12.7 Å². The van der Waals surface area contributed by atoms with Gasteiger partial charge in [-0.1, -0.05) is 19.9 Å². The number of nitrogens with zero attached hydrogens (tertiary/aromatic N) is 3. The van der Waals surface area contributed by atoms with E-state index in [2.05, 4.69) is 4.98 Å². The van der Waals surface area contributed by atoms with E-state index in [9.17, 15) is 9.59 Å². The Morgan fingerprint density at radius 1 is 1.29 bits per heavy atom. The van der Waals surface area contributed by atoms with Gasteiger partial charge < -0.3 is 9.80 Å². The zero-order chi connectivity index (χ0) is 15.0. The van der Waals surface area contributed by atoms with Crippen LogP contribution in [-0.4, -0.2) is 45.2 Å². The van der Waals surface area contributed by atoms with Gasteiger partial charge in [0.1, 0.15) is 12.1 Å². The minimum atomic E-state index is -0.367. The van der Waals surface area contributed by atoms with Crippen molar-refractivity contribution < 1.29 is 9.59 Å². The van der Waals surface area contributed by atoms with Crippen molar-refractivity contribution in [2.45, 2.75) is 45.3 Å². The highest BCUT2D eigenvalue weighted by Gasteiger charge is 2.48. The predicted octanol–water partition coefficient (Wildman–Crippen LogP) is 1.44. The first-order valence-electron chi connectivity index (χ1n) is 7.60. The number of hydrogen-bond acceptors (Lipinski definition) is 3. The summed E-state index contributed by atoms with van der Waals surface area (Å²) >= 11 is 0. The summed E-state index contributed by atoms with van der Waals surface area (Å²) < 4.78 is 0. The summed E-state index contributed by atoms with van der Waals surface area (Å²) in [5, 5.41) is 0. The quantitative estimate of drug-likeness (QED) is 0.845. The molecule has 5 nitrogen and oxygen atoms in total. The van der Waals surface area contributed by atoms with Crippen LogP contribution in [0, 0.1) is 5.92 Å². The summed E-state index contributed by atoms with van der Waals surface area (Å²) in [7, 11) is 0. The van der Waals surface area contributed by atoms with E-state index in [0.29, 0.717) is 6.54 Å². The average molecular weight is 287 g/mol. The Balaban J connectivity index is 1.91.